The molecule has 1 N–H and O–H groups in total. The standard InChI is InChI=1S/C20H24N2O3/c1-24-18-11-15(12-19(14-18)25-2)20(23)21-16-7-6-8-17(13-16)22-9-4-3-5-10-22/h6-8,11-14H,3-5,9-10H2,1-2H3,(H,21,23). The number of nitrogens with one attached hydrogen (secondary N) is 1. The van der Waals surface area contributed by atoms with Crippen molar-refractivity contribution in [3.05, 3.63) is 48.0 Å². The van der Waals surface area contributed by atoms with E-state index in [9.17, 15) is 4.79 Å². The molecule has 3 rings (SSSR count). The summed E-state index contributed by atoms with van der Waals surface area (Å²) in [4.78, 5) is 15.0. The highest BCUT2D eigenvalue weighted by atomic mass is 16.5. The van der Waals surface area contributed by atoms with E-state index in [1.807, 2.05) is 18.2 Å². The molecule has 0 spiro atoms. The van der Waals surface area contributed by atoms with E-state index in [1.165, 1.54) is 19.3 Å². The lowest BCUT2D eigenvalue weighted by molar-refractivity contribution is 0.102. The lowest BCUT2D eigenvalue weighted by Gasteiger charge is -2.29. The molecular weight excluding hydrogens is 316 g/mol. The van der Waals surface area contributed by atoms with Crippen LogP contribution in [0.25, 0.3) is 0 Å². The number of amides is 1. The predicted octanol–water partition coefficient (Wildman–Crippen LogP) is 3.95. The van der Waals surface area contributed by atoms with Gasteiger partial charge in [-0.05, 0) is 49.6 Å². The van der Waals surface area contributed by atoms with Gasteiger partial charge in [0.15, 0.2) is 0 Å². The Hall–Kier alpha value is -2.69. The monoisotopic (exact) mass is 340 g/mol. The van der Waals surface area contributed by atoms with E-state index in [4.69, 9.17) is 9.47 Å². The summed E-state index contributed by atoms with van der Waals surface area (Å²) in [6.07, 6.45) is 3.74. The van der Waals surface area contributed by atoms with Crippen LogP contribution >= 0.6 is 0 Å². The molecule has 25 heavy (non-hydrogen) atoms. The van der Waals surface area contributed by atoms with Gasteiger partial charge in [-0.1, -0.05) is 6.07 Å². The predicted molar refractivity (Wildman–Crippen MR) is 100 cm³/mol. The van der Waals surface area contributed by atoms with Crippen molar-refractivity contribution in [3.63, 3.8) is 0 Å². The SMILES string of the molecule is COc1cc(OC)cc(C(=O)Nc2cccc(N3CCCCC3)c2)c1. The first-order valence-corrected chi connectivity index (χ1v) is 8.59. The fraction of sp³-hybridized carbons (Fsp3) is 0.350. The number of hydrogen-bond acceptors (Lipinski definition) is 4. The number of methoxy groups -OCH3 is 2. The quantitative estimate of drug-likeness (QED) is 0.895. The smallest absolute Gasteiger partial charge is 0.255 e. The molecule has 132 valence electrons. The van der Waals surface area contributed by atoms with Crippen molar-refractivity contribution in [1.82, 2.24) is 0 Å². The molecule has 2 aromatic carbocycles. The molecule has 0 aromatic heterocycles. The fourth-order valence-corrected chi connectivity index (χ4v) is 3.07. The summed E-state index contributed by atoms with van der Waals surface area (Å²) in [7, 11) is 3.14. The average Bonchev–Trinajstić information content (AvgIpc) is 2.68. The summed E-state index contributed by atoms with van der Waals surface area (Å²) in [5.41, 5.74) is 2.44. The zero-order valence-corrected chi connectivity index (χ0v) is 14.7. The van der Waals surface area contributed by atoms with Crippen molar-refractivity contribution >= 4 is 17.3 Å². The van der Waals surface area contributed by atoms with Crippen LogP contribution in [0.4, 0.5) is 11.4 Å². The Morgan fingerprint density at radius 1 is 0.960 bits per heavy atom. The molecule has 0 radical (unpaired) electrons. The minimum absolute atomic E-state index is 0.187. The largest absolute Gasteiger partial charge is 0.497 e. The Kier molecular flexibility index (Phi) is 5.43. The lowest BCUT2D eigenvalue weighted by atomic mass is 10.1. The Balaban J connectivity index is 1.76. The van der Waals surface area contributed by atoms with Gasteiger partial charge in [0.25, 0.3) is 5.91 Å². The van der Waals surface area contributed by atoms with Crippen LogP contribution in [-0.4, -0.2) is 33.2 Å². The van der Waals surface area contributed by atoms with Gasteiger partial charge >= 0.3 is 0 Å². The van der Waals surface area contributed by atoms with Crippen molar-refractivity contribution in [3.8, 4) is 11.5 Å². The Bertz CT molecular complexity index is 717. The lowest BCUT2D eigenvalue weighted by Crippen LogP contribution is -2.29. The molecule has 1 fully saturated rings. The van der Waals surface area contributed by atoms with Crippen molar-refractivity contribution in [2.45, 2.75) is 19.3 Å². The Morgan fingerprint density at radius 2 is 1.64 bits per heavy atom. The van der Waals surface area contributed by atoms with Crippen LogP contribution in [0.1, 0.15) is 29.6 Å². The highest BCUT2D eigenvalue weighted by Gasteiger charge is 2.13. The second kappa shape index (κ2) is 7.92. The van der Waals surface area contributed by atoms with E-state index in [0.717, 1.165) is 24.5 Å². The molecule has 5 nitrogen and oxygen atoms in total. The Labute approximate surface area is 148 Å². The molecule has 1 saturated heterocycles. The van der Waals surface area contributed by atoms with Crippen LogP contribution in [0.15, 0.2) is 42.5 Å². The normalized spacial score (nSPS) is 14.1. The number of hydrogen-bond donors (Lipinski definition) is 1. The van der Waals surface area contributed by atoms with Crippen LogP contribution in [0.3, 0.4) is 0 Å². The molecule has 1 aliphatic heterocycles. The van der Waals surface area contributed by atoms with E-state index >= 15 is 0 Å². The average molecular weight is 340 g/mol. The fourth-order valence-electron chi connectivity index (χ4n) is 3.07. The first kappa shape index (κ1) is 17.1. The highest BCUT2D eigenvalue weighted by molar-refractivity contribution is 6.05. The number of carbonyl (C=O) groups excluding carboxylic acids is 1. The van der Waals surface area contributed by atoms with E-state index in [-0.39, 0.29) is 5.91 Å². The highest BCUT2D eigenvalue weighted by Crippen LogP contribution is 2.25. The van der Waals surface area contributed by atoms with E-state index in [1.54, 1.807) is 32.4 Å². The number of benzene rings is 2. The zero-order valence-electron chi connectivity index (χ0n) is 14.7. The topological polar surface area (TPSA) is 50.8 Å². The zero-order chi connectivity index (χ0) is 17.6. The van der Waals surface area contributed by atoms with E-state index < -0.39 is 0 Å². The van der Waals surface area contributed by atoms with Gasteiger partial charge < -0.3 is 19.7 Å². The van der Waals surface area contributed by atoms with Crippen LogP contribution in [0.2, 0.25) is 0 Å². The number of anilines is 2. The number of rotatable bonds is 5. The summed E-state index contributed by atoms with van der Waals surface area (Å²) in [5.74, 6) is 0.992. The van der Waals surface area contributed by atoms with Gasteiger partial charge in [-0.25, -0.2) is 0 Å². The summed E-state index contributed by atoms with van der Waals surface area (Å²) in [5, 5.41) is 2.96. The van der Waals surface area contributed by atoms with Gasteiger partial charge in [0.1, 0.15) is 11.5 Å². The molecule has 0 unspecified atom stereocenters. The van der Waals surface area contributed by atoms with E-state index in [0.29, 0.717) is 17.1 Å². The second-order valence-corrected chi connectivity index (χ2v) is 6.15. The first-order valence-electron chi connectivity index (χ1n) is 8.59. The first-order chi connectivity index (χ1) is 12.2. The molecule has 2 aromatic rings. The van der Waals surface area contributed by atoms with Crippen LogP contribution in [0, 0.1) is 0 Å². The maximum Gasteiger partial charge on any atom is 0.255 e. The van der Waals surface area contributed by atoms with Gasteiger partial charge in [-0.15, -0.1) is 0 Å². The molecule has 5 heteroatoms. The summed E-state index contributed by atoms with van der Waals surface area (Å²) < 4.78 is 10.5. The van der Waals surface area contributed by atoms with Crippen molar-refractivity contribution in [2.24, 2.45) is 0 Å². The van der Waals surface area contributed by atoms with Gasteiger partial charge in [0, 0.05) is 36.1 Å². The second-order valence-electron chi connectivity index (χ2n) is 6.15. The molecular formula is C20H24N2O3. The minimum Gasteiger partial charge on any atom is -0.497 e. The molecule has 1 aliphatic rings. The molecule has 1 heterocycles. The van der Waals surface area contributed by atoms with Crippen molar-refractivity contribution in [1.29, 1.82) is 0 Å². The van der Waals surface area contributed by atoms with Gasteiger partial charge in [-0.2, -0.15) is 0 Å². The maximum atomic E-state index is 12.6. The molecule has 0 atom stereocenters. The summed E-state index contributed by atoms with van der Waals surface area (Å²) >= 11 is 0. The third-order valence-electron chi connectivity index (χ3n) is 4.44. The minimum atomic E-state index is -0.187. The van der Waals surface area contributed by atoms with Crippen LogP contribution < -0.4 is 19.7 Å². The third kappa shape index (κ3) is 4.24. The third-order valence-corrected chi connectivity index (χ3v) is 4.44. The maximum absolute atomic E-state index is 12.6. The van der Waals surface area contributed by atoms with Gasteiger partial charge in [0.05, 0.1) is 14.2 Å². The summed E-state index contributed by atoms with van der Waals surface area (Å²) in [6.45, 7) is 2.15. The van der Waals surface area contributed by atoms with Gasteiger partial charge in [0.2, 0.25) is 0 Å². The molecule has 0 aliphatic carbocycles. The number of piperidine rings is 1. The van der Waals surface area contributed by atoms with Crippen LogP contribution in [0.5, 0.6) is 11.5 Å². The number of nitrogens with zero attached hydrogens (tertiary/aromatic N) is 1. The van der Waals surface area contributed by atoms with Crippen LogP contribution in [-0.2, 0) is 0 Å². The van der Waals surface area contributed by atoms with E-state index in [2.05, 4.69) is 16.3 Å². The molecule has 0 bridgehead atoms. The molecule has 0 saturated carbocycles. The van der Waals surface area contributed by atoms with Crippen molar-refractivity contribution in [2.75, 3.05) is 37.5 Å². The Morgan fingerprint density at radius 3 is 2.28 bits per heavy atom. The number of carbonyl (C=O) groups is 1. The van der Waals surface area contributed by atoms with Crippen molar-refractivity contribution < 1.29 is 14.3 Å². The number of ether oxygens (including phenoxy) is 2. The summed E-state index contributed by atoms with van der Waals surface area (Å²) in [6, 6.07) is 13.1. The molecule has 1 amide bonds. The van der Waals surface area contributed by atoms with Gasteiger partial charge in [-0.3, -0.25) is 4.79 Å².